The van der Waals surface area contributed by atoms with E-state index in [9.17, 15) is 4.79 Å². The van der Waals surface area contributed by atoms with Crippen molar-refractivity contribution in [1.82, 2.24) is 10.3 Å². The van der Waals surface area contributed by atoms with Gasteiger partial charge in [0.05, 0.1) is 22.3 Å². The van der Waals surface area contributed by atoms with Crippen molar-refractivity contribution in [2.45, 2.75) is 32.7 Å². The first-order valence-corrected chi connectivity index (χ1v) is 9.62. The van der Waals surface area contributed by atoms with Gasteiger partial charge in [-0.05, 0) is 42.9 Å². The number of rotatable bonds is 3. The number of carbonyl (C=O) groups is 1. The third-order valence-electron chi connectivity index (χ3n) is 4.38. The zero-order valence-electron chi connectivity index (χ0n) is 13.0. The van der Waals surface area contributed by atoms with Crippen LogP contribution in [0.5, 0.6) is 0 Å². The fourth-order valence-corrected chi connectivity index (χ4v) is 5.27. The van der Waals surface area contributed by atoms with E-state index in [1.165, 1.54) is 21.6 Å². The summed E-state index contributed by atoms with van der Waals surface area (Å²) in [5.41, 5.74) is 3.15. The van der Waals surface area contributed by atoms with Gasteiger partial charge in [-0.15, -0.1) is 22.7 Å². The topological polar surface area (TPSA) is 42.0 Å². The number of carbonyl (C=O) groups excluding carboxylic acids is 1. The molecule has 0 saturated heterocycles. The molecule has 0 bridgehead atoms. The maximum Gasteiger partial charge on any atom is 0.252 e. The molecule has 0 fully saturated rings. The molecule has 1 aliphatic rings. The molecule has 1 aromatic carbocycles. The van der Waals surface area contributed by atoms with E-state index in [4.69, 9.17) is 0 Å². The van der Waals surface area contributed by atoms with Crippen molar-refractivity contribution in [2.24, 2.45) is 5.92 Å². The van der Waals surface area contributed by atoms with E-state index in [1.54, 1.807) is 22.7 Å². The molecule has 0 radical (unpaired) electrons. The van der Waals surface area contributed by atoms with Crippen molar-refractivity contribution < 1.29 is 4.79 Å². The summed E-state index contributed by atoms with van der Waals surface area (Å²) < 4.78 is 1.17. The lowest BCUT2D eigenvalue weighted by atomic mass is 9.88. The number of hydrogen-bond acceptors (Lipinski definition) is 4. The number of nitrogens with one attached hydrogen (secondary N) is 1. The second kappa shape index (κ2) is 6.06. The number of thiophene rings is 1. The van der Waals surface area contributed by atoms with Crippen LogP contribution >= 0.6 is 22.7 Å². The number of aromatic nitrogens is 1. The van der Waals surface area contributed by atoms with Gasteiger partial charge in [-0.25, -0.2) is 4.98 Å². The Balaban J connectivity index is 1.48. The highest BCUT2D eigenvalue weighted by atomic mass is 32.1. The lowest BCUT2D eigenvalue weighted by molar-refractivity contribution is 0.0950. The van der Waals surface area contributed by atoms with E-state index >= 15 is 0 Å². The van der Waals surface area contributed by atoms with Crippen LogP contribution in [-0.2, 0) is 19.4 Å². The van der Waals surface area contributed by atoms with Crippen LogP contribution in [0.1, 0.15) is 39.2 Å². The van der Waals surface area contributed by atoms with Crippen LogP contribution in [0.2, 0.25) is 0 Å². The highest BCUT2D eigenvalue weighted by Gasteiger charge is 2.23. The molecule has 1 amide bonds. The summed E-state index contributed by atoms with van der Waals surface area (Å²) >= 11 is 3.38. The van der Waals surface area contributed by atoms with Crippen LogP contribution in [0.3, 0.4) is 0 Å². The largest absolute Gasteiger partial charge is 0.345 e. The van der Waals surface area contributed by atoms with Crippen molar-refractivity contribution >= 4 is 38.8 Å². The van der Waals surface area contributed by atoms with Gasteiger partial charge in [0.2, 0.25) is 0 Å². The maximum absolute atomic E-state index is 12.5. The predicted octanol–water partition coefficient (Wildman–Crippen LogP) is 4.41. The number of para-hydroxylation sites is 1. The summed E-state index contributed by atoms with van der Waals surface area (Å²) in [6.45, 7) is 2.79. The van der Waals surface area contributed by atoms with Gasteiger partial charge in [0, 0.05) is 10.3 Å². The second-order valence-electron chi connectivity index (χ2n) is 6.16. The van der Waals surface area contributed by atoms with Gasteiger partial charge in [-0.2, -0.15) is 0 Å². The van der Waals surface area contributed by atoms with Gasteiger partial charge >= 0.3 is 0 Å². The highest BCUT2D eigenvalue weighted by molar-refractivity contribution is 7.18. The van der Waals surface area contributed by atoms with Gasteiger partial charge in [0.1, 0.15) is 5.01 Å². The normalized spacial score (nSPS) is 17.2. The number of thiazole rings is 1. The van der Waals surface area contributed by atoms with E-state index in [0.717, 1.165) is 34.8 Å². The van der Waals surface area contributed by atoms with Crippen molar-refractivity contribution in [3.05, 3.63) is 50.7 Å². The first kappa shape index (κ1) is 14.8. The highest BCUT2D eigenvalue weighted by Crippen LogP contribution is 2.32. The summed E-state index contributed by atoms with van der Waals surface area (Å²) in [4.78, 5) is 18.5. The molecule has 118 valence electrons. The van der Waals surface area contributed by atoms with Gasteiger partial charge in [0.15, 0.2) is 0 Å². The number of fused-ring (bicyclic) bond motifs is 2. The van der Waals surface area contributed by atoms with Gasteiger partial charge < -0.3 is 5.32 Å². The summed E-state index contributed by atoms with van der Waals surface area (Å²) in [5.74, 6) is 0.774. The second-order valence-corrected chi connectivity index (χ2v) is 8.24. The van der Waals surface area contributed by atoms with E-state index in [1.807, 2.05) is 23.6 Å². The number of amides is 1. The summed E-state index contributed by atoms with van der Waals surface area (Å²) in [6, 6.07) is 8.08. The molecular weight excluding hydrogens is 324 g/mol. The monoisotopic (exact) mass is 342 g/mol. The molecule has 1 unspecified atom stereocenters. The first-order valence-electron chi connectivity index (χ1n) is 7.92. The Hall–Kier alpha value is -1.72. The molecule has 5 heteroatoms. The van der Waals surface area contributed by atoms with Crippen LogP contribution in [0.25, 0.3) is 10.2 Å². The Morgan fingerprint density at radius 3 is 3.13 bits per heavy atom. The molecule has 3 nitrogen and oxygen atoms in total. The Bertz CT molecular complexity index is 832. The van der Waals surface area contributed by atoms with Crippen molar-refractivity contribution in [1.29, 1.82) is 0 Å². The minimum absolute atomic E-state index is 0.0382. The Morgan fingerprint density at radius 1 is 1.39 bits per heavy atom. The minimum atomic E-state index is 0.0382. The lowest BCUT2D eigenvalue weighted by Crippen LogP contribution is -2.24. The molecule has 1 atom stereocenters. The zero-order valence-corrected chi connectivity index (χ0v) is 14.6. The van der Waals surface area contributed by atoms with E-state index in [-0.39, 0.29) is 5.91 Å². The number of hydrogen-bond donors (Lipinski definition) is 1. The molecule has 2 aromatic heterocycles. The molecule has 0 spiro atoms. The van der Waals surface area contributed by atoms with Gasteiger partial charge in [-0.1, -0.05) is 19.1 Å². The summed E-state index contributed by atoms with van der Waals surface area (Å²) in [5, 5.41) is 6.02. The fraction of sp³-hybridized carbons (Fsp3) is 0.333. The molecular formula is C18H18N2OS2. The predicted molar refractivity (Wildman–Crippen MR) is 96.3 cm³/mol. The summed E-state index contributed by atoms with van der Waals surface area (Å²) in [7, 11) is 0. The molecule has 4 rings (SSSR count). The van der Waals surface area contributed by atoms with Crippen LogP contribution in [0, 0.1) is 5.92 Å². The lowest BCUT2D eigenvalue weighted by Gasteiger charge is -2.18. The molecule has 1 aliphatic carbocycles. The van der Waals surface area contributed by atoms with Crippen LogP contribution in [0.4, 0.5) is 0 Å². The SMILES string of the molecule is CC1CCc2c(C(=O)NCc3nc4ccccc4s3)csc2C1. The Labute approximate surface area is 143 Å². The van der Waals surface area contributed by atoms with Crippen LogP contribution < -0.4 is 5.32 Å². The Kier molecular flexibility index (Phi) is 3.91. The van der Waals surface area contributed by atoms with Crippen LogP contribution in [-0.4, -0.2) is 10.9 Å². The third kappa shape index (κ3) is 2.91. The van der Waals surface area contributed by atoms with Crippen molar-refractivity contribution in [2.75, 3.05) is 0 Å². The molecule has 1 N–H and O–H groups in total. The molecule has 2 heterocycles. The Morgan fingerprint density at radius 2 is 2.26 bits per heavy atom. The van der Waals surface area contributed by atoms with Gasteiger partial charge in [-0.3, -0.25) is 4.79 Å². The van der Waals surface area contributed by atoms with E-state index in [2.05, 4.69) is 23.3 Å². The quantitative estimate of drug-likeness (QED) is 0.766. The van der Waals surface area contributed by atoms with Crippen molar-refractivity contribution in [3.63, 3.8) is 0 Å². The maximum atomic E-state index is 12.5. The van der Waals surface area contributed by atoms with E-state index in [0.29, 0.717) is 6.54 Å². The summed E-state index contributed by atoms with van der Waals surface area (Å²) in [6.07, 6.45) is 3.33. The van der Waals surface area contributed by atoms with Crippen molar-refractivity contribution in [3.8, 4) is 0 Å². The third-order valence-corrected chi connectivity index (χ3v) is 6.47. The minimum Gasteiger partial charge on any atom is -0.345 e. The zero-order chi connectivity index (χ0) is 15.8. The number of benzene rings is 1. The molecule has 23 heavy (non-hydrogen) atoms. The molecule has 0 saturated carbocycles. The van der Waals surface area contributed by atoms with Crippen LogP contribution in [0.15, 0.2) is 29.6 Å². The average molecular weight is 342 g/mol. The first-order chi connectivity index (χ1) is 11.2. The fourth-order valence-electron chi connectivity index (χ4n) is 3.11. The van der Waals surface area contributed by atoms with Gasteiger partial charge in [0.25, 0.3) is 5.91 Å². The smallest absolute Gasteiger partial charge is 0.252 e. The van der Waals surface area contributed by atoms with E-state index < -0.39 is 0 Å². The standard InChI is InChI=1S/C18H18N2OS2/c1-11-6-7-12-13(10-22-16(12)8-11)18(21)19-9-17-20-14-4-2-3-5-15(14)23-17/h2-5,10-11H,6-9H2,1H3,(H,19,21). The molecule has 0 aliphatic heterocycles. The average Bonchev–Trinajstić information content (AvgIpc) is 3.15. The molecule has 3 aromatic rings. The number of nitrogens with zero attached hydrogens (tertiary/aromatic N) is 1.